The van der Waals surface area contributed by atoms with E-state index in [1.165, 1.54) is 24.8 Å². The maximum Gasteiger partial charge on any atom is 0.0255 e. The maximum atomic E-state index is 4.09. The van der Waals surface area contributed by atoms with E-state index in [0.717, 1.165) is 6.42 Å². The summed E-state index contributed by atoms with van der Waals surface area (Å²) >= 11 is 0. The third-order valence-electron chi connectivity index (χ3n) is 1.53. The van der Waals surface area contributed by atoms with Crippen LogP contribution in [0.5, 0.6) is 0 Å². The number of allylic oxidation sites excluding steroid dienone is 1. The van der Waals surface area contributed by atoms with Crippen LogP contribution in [0.3, 0.4) is 0 Å². The van der Waals surface area contributed by atoms with E-state index in [1.807, 2.05) is 26.3 Å². The third kappa shape index (κ3) is 4.77. The van der Waals surface area contributed by atoms with Gasteiger partial charge in [0.05, 0.1) is 0 Å². The zero-order chi connectivity index (χ0) is 8.53. The molecule has 0 fully saturated rings. The average molecular weight is 153 g/mol. The summed E-state index contributed by atoms with van der Waals surface area (Å²) in [5.41, 5.74) is 1.51. The highest BCUT2D eigenvalue weighted by molar-refractivity contribution is 5.60. The molecule has 64 valence electrons. The Labute approximate surface area is 70.2 Å². The second-order valence-electron chi connectivity index (χ2n) is 2.41. The summed E-state index contributed by atoms with van der Waals surface area (Å²) in [6.45, 7) is 6.21. The van der Waals surface area contributed by atoms with E-state index >= 15 is 0 Å². The van der Waals surface area contributed by atoms with Crippen LogP contribution in [0, 0.1) is 0 Å². The minimum Gasteiger partial charge on any atom is -0.269 e. The third-order valence-corrected chi connectivity index (χ3v) is 1.53. The zero-order valence-corrected chi connectivity index (χ0v) is 7.93. The number of aliphatic imine (C=N–C) groups is 1. The summed E-state index contributed by atoms with van der Waals surface area (Å²) in [5.74, 6) is 0. The van der Waals surface area contributed by atoms with Gasteiger partial charge in [0.15, 0.2) is 0 Å². The minimum absolute atomic E-state index is 1.14. The molecular weight excluding hydrogens is 134 g/mol. The number of rotatable bonds is 2. The van der Waals surface area contributed by atoms with Crippen LogP contribution < -0.4 is 0 Å². The lowest BCUT2D eigenvalue weighted by Crippen LogP contribution is -1.89. The molecule has 1 heterocycles. The van der Waals surface area contributed by atoms with Crippen molar-refractivity contribution in [3.63, 3.8) is 0 Å². The highest BCUT2D eigenvalue weighted by atomic mass is 14.7. The molecule has 1 rings (SSSR count). The van der Waals surface area contributed by atoms with Crippen LogP contribution in [0.2, 0.25) is 0 Å². The van der Waals surface area contributed by atoms with Gasteiger partial charge in [0, 0.05) is 12.4 Å². The molecule has 0 aromatic carbocycles. The Morgan fingerprint density at radius 3 is 2.64 bits per heavy atom. The van der Waals surface area contributed by atoms with Crippen LogP contribution in [0.15, 0.2) is 16.8 Å². The van der Waals surface area contributed by atoms with Crippen LogP contribution in [-0.2, 0) is 0 Å². The van der Waals surface area contributed by atoms with Crippen molar-refractivity contribution in [1.29, 1.82) is 0 Å². The monoisotopic (exact) mass is 153 g/mol. The first-order valence-corrected chi connectivity index (χ1v) is 4.63. The molecule has 0 aromatic rings. The first kappa shape index (κ1) is 10.4. The fourth-order valence-corrected chi connectivity index (χ4v) is 1.06. The van der Waals surface area contributed by atoms with Crippen LogP contribution in [0.1, 0.15) is 46.5 Å². The molecule has 0 radical (unpaired) electrons. The van der Waals surface area contributed by atoms with Crippen LogP contribution in [0.4, 0.5) is 0 Å². The Morgan fingerprint density at radius 1 is 1.45 bits per heavy atom. The van der Waals surface area contributed by atoms with Gasteiger partial charge in [0.2, 0.25) is 0 Å². The molecule has 0 saturated heterocycles. The van der Waals surface area contributed by atoms with Gasteiger partial charge in [-0.2, -0.15) is 0 Å². The van der Waals surface area contributed by atoms with Gasteiger partial charge in [-0.25, -0.2) is 0 Å². The second-order valence-corrected chi connectivity index (χ2v) is 2.41. The molecule has 0 amide bonds. The van der Waals surface area contributed by atoms with Crippen molar-refractivity contribution in [3.8, 4) is 0 Å². The van der Waals surface area contributed by atoms with Gasteiger partial charge in [-0.3, -0.25) is 4.99 Å². The zero-order valence-electron chi connectivity index (χ0n) is 7.93. The van der Waals surface area contributed by atoms with Gasteiger partial charge in [-0.15, -0.1) is 0 Å². The predicted molar refractivity (Wildman–Crippen MR) is 52.1 cm³/mol. The summed E-state index contributed by atoms with van der Waals surface area (Å²) in [5, 5.41) is 0. The summed E-state index contributed by atoms with van der Waals surface area (Å²) in [6, 6.07) is 0. The Hall–Kier alpha value is -0.590. The van der Waals surface area contributed by atoms with Crippen molar-refractivity contribution in [3.05, 3.63) is 11.8 Å². The fraction of sp³-hybridized carbons (Fsp3) is 0.700. The normalized spacial score (nSPS) is 15.0. The Bertz CT molecular complexity index is 134. The van der Waals surface area contributed by atoms with Crippen molar-refractivity contribution >= 4 is 6.21 Å². The van der Waals surface area contributed by atoms with Gasteiger partial charge in [0.25, 0.3) is 0 Å². The van der Waals surface area contributed by atoms with Crippen LogP contribution >= 0.6 is 0 Å². The standard InChI is InChI=1S/C8H13N.C2H6/c1-2-4-8-5-3-6-9-7-8;1-2/h6-7H,2-5H2,1H3;1-2H3. The molecule has 0 bridgehead atoms. The molecule has 0 spiro atoms. The van der Waals surface area contributed by atoms with E-state index in [2.05, 4.69) is 11.9 Å². The molecule has 0 aliphatic carbocycles. The lowest BCUT2D eigenvalue weighted by Gasteiger charge is -2.04. The summed E-state index contributed by atoms with van der Waals surface area (Å²) in [6.07, 6.45) is 8.86. The van der Waals surface area contributed by atoms with Gasteiger partial charge >= 0.3 is 0 Å². The molecule has 0 atom stereocenters. The predicted octanol–water partition coefficient (Wildman–Crippen LogP) is 3.56. The lowest BCUT2D eigenvalue weighted by molar-refractivity contribution is 0.829. The van der Waals surface area contributed by atoms with E-state index in [-0.39, 0.29) is 0 Å². The Morgan fingerprint density at radius 2 is 2.18 bits per heavy atom. The highest BCUT2D eigenvalue weighted by Crippen LogP contribution is 2.13. The molecule has 1 aliphatic heterocycles. The molecule has 0 saturated carbocycles. The quantitative estimate of drug-likeness (QED) is 0.575. The Balaban J connectivity index is 0.000000461. The molecule has 1 nitrogen and oxygen atoms in total. The van der Waals surface area contributed by atoms with Gasteiger partial charge in [-0.05, 0) is 19.3 Å². The first-order chi connectivity index (χ1) is 5.43. The number of nitrogens with zero attached hydrogens (tertiary/aromatic N) is 1. The lowest BCUT2D eigenvalue weighted by atomic mass is 10.1. The van der Waals surface area contributed by atoms with Gasteiger partial charge in [0.1, 0.15) is 0 Å². The van der Waals surface area contributed by atoms with E-state index < -0.39 is 0 Å². The molecular formula is C10H19N. The first-order valence-electron chi connectivity index (χ1n) is 4.63. The van der Waals surface area contributed by atoms with Crippen LogP contribution in [-0.4, -0.2) is 6.21 Å². The van der Waals surface area contributed by atoms with Crippen molar-refractivity contribution in [2.45, 2.75) is 46.5 Å². The molecule has 0 unspecified atom stereocenters. The van der Waals surface area contributed by atoms with E-state index in [9.17, 15) is 0 Å². The van der Waals surface area contributed by atoms with Crippen LogP contribution in [0.25, 0.3) is 0 Å². The van der Waals surface area contributed by atoms with Crippen molar-refractivity contribution in [1.82, 2.24) is 0 Å². The number of hydrogen-bond acceptors (Lipinski definition) is 1. The molecule has 11 heavy (non-hydrogen) atoms. The van der Waals surface area contributed by atoms with Gasteiger partial charge in [-0.1, -0.05) is 32.8 Å². The van der Waals surface area contributed by atoms with Crippen molar-refractivity contribution in [2.24, 2.45) is 4.99 Å². The summed E-state index contributed by atoms with van der Waals surface area (Å²) in [4.78, 5) is 4.09. The second kappa shape index (κ2) is 7.52. The van der Waals surface area contributed by atoms with Gasteiger partial charge < -0.3 is 0 Å². The smallest absolute Gasteiger partial charge is 0.0255 e. The topological polar surface area (TPSA) is 12.4 Å². The van der Waals surface area contributed by atoms with Crippen molar-refractivity contribution in [2.75, 3.05) is 0 Å². The molecule has 0 N–H and O–H groups in total. The largest absolute Gasteiger partial charge is 0.269 e. The van der Waals surface area contributed by atoms with E-state index in [4.69, 9.17) is 0 Å². The fourth-order valence-electron chi connectivity index (χ4n) is 1.06. The summed E-state index contributed by atoms with van der Waals surface area (Å²) < 4.78 is 0. The molecule has 0 aromatic heterocycles. The SMILES string of the molecule is CC.CCCC1=CN=CCC1. The number of hydrogen-bond donors (Lipinski definition) is 0. The van der Waals surface area contributed by atoms with Crippen molar-refractivity contribution < 1.29 is 0 Å². The molecule has 1 aliphatic rings. The average Bonchev–Trinajstić information content (AvgIpc) is 2.11. The Kier molecular flexibility index (Phi) is 7.11. The minimum atomic E-state index is 1.14. The summed E-state index contributed by atoms with van der Waals surface area (Å²) in [7, 11) is 0. The maximum absolute atomic E-state index is 4.09. The molecule has 1 heteroatoms. The van der Waals surface area contributed by atoms with E-state index in [0.29, 0.717) is 0 Å². The highest BCUT2D eigenvalue weighted by Gasteiger charge is 1.96. The van der Waals surface area contributed by atoms with E-state index in [1.54, 1.807) is 0 Å².